The Morgan fingerprint density at radius 3 is 2.67 bits per heavy atom. The van der Waals surface area contributed by atoms with E-state index in [-0.39, 0.29) is 0 Å². The van der Waals surface area contributed by atoms with Crippen LogP contribution >= 0.6 is 11.6 Å². The normalized spacial score (nSPS) is 10.6. The van der Waals surface area contributed by atoms with Crippen molar-refractivity contribution >= 4 is 29.5 Å². The molecular formula is C18H20ClN3O2. The van der Waals surface area contributed by atoms with Gasteiger partial charge in [0.2, 0.25) is 0 Å². The number of anilines is 1. The molecule has 0 aliphatic carbocycles. The number of unbranched alkanes of at least 4 members (excludes halogenated alkanes) is 1. The third kappa shape index (κ3) is 5.93. The lowest BCUT2D eigenvalue weighted by Crippen LogP contribution is -2.24. The SMILES string of the molecule is CCCCOc1ccc(NC(=O)N/N=C/c2ccccc2Cl)cc1. The molecule has 6 heteroatoms. The fraction of sp³-hybridized carbons (Fsp3) is 0.222. The number of carbonyl (C=O) groups excluding carboxylic acids is 1. The van der Waals surface area contributed by atoms with E-state index < -0.39 is 6.03 Å². The molecule has 0 saturated carbocycles. The Balaban J connectivity index is 1.81. The first-order valence-electron chi connectivity index (χ1n) is 7.76. The van der Waals surface area contributed by atoms with Gasteiger partial charge < -0.3 is 10.1 Å². The van der Waals surface area contributed by atoms with Crippen LogP contribution in [0.1, 0.15) is 25.3 Å². The number of rotatable bonds is 7. The van der Waals surface area contributed by atoms with Gasteiger partial charge >= 0.3 is 6.03 Å². The average molecular weight is 346 g/mol. The number of ether oxygens (including phenoxy) is 1. The number of nitrogens with one attached hydrogen (secondary N) is 2. The molecule has 0 unspecified atom stereocenters. The zero-order valence-electron chi connectivity index (χ0n) is 13.5. The molecule has 0 spiro atoms. The Kier molecular flexibility index (Phi) is 7.11. The molecule has 0 atom stereocenters. The van der Waals surface area contributed by atoms with Gasteiger partial charge in [-0.3, -0.25) is 0 Å². The Bertz CT molecular complexity index is 687. The number of halogens is 1. The minimum absolute atomic E-state index is 0.432. The van der Waals surface area contributed by atoms with Crippen LogP contribution in [0, 0.1) is 0 Å². The number of hydrazone groups is 1. The second kappa shape index (κ2) is 9.57. The fourth-order valence-corrected chi connectivity index (χ4v) is 2.05. The van der Waals surface area contributed by atoms with Gasteiger partial charge in [-0.15, -0.1) is 0 Å². The molecule has 24 heavy (non-hydrogen) atoms. The van der Waals surface area contributed by atoms with Gasteiger partial charge in [-0.25, -0.2) is 10.2 Å². The van der Waals surface area contributed by atoms with E-state index >= 15 is 0 Å². The highest BCUT2D eigenvalue weighted by Gasteiger charge is 2.01. The van der Waals surface area contributed by atoms with Crippen molar-refractivity contribution in [3.63, 3.8) is 0 Å². The second-order valence-corrected chi connectivity index (χ2v) is 5.48. The van der Waals surface area contributed by atoms with Crippen LogP contribution in [0.5, 0.6) is 5.75 Å². The number of amides is 2. The quantitative estimate of drug-likeness (QED) is 0.435. The van der Waals surface area contributed by atoms with Gasteiger partial charge in [-0.2, -0.15) is 5.10 Å². The molecule has 2 rings (SSSR count). The zero-order valence-corrected chi connectivity index (χ0v) is 14.2. The van der Waals surface area contributed by atoms with Crippen molar-refractivity contribution < 1.29 is 9.53 Å². The monoisotopic (exact) mass is 345 g/mol. The van der Waals surface area contributed by atoms with Crippen molar-refractivity contribution in [3.05, 3.63) is 59.1 Å². The molecule has 0 heterocycles. The molecule has 0 radical (unpaired) electrons. The van der Waals surface area contributed by atoms with Crippen molar-refractivity contribution in [3.8, 4) is 5.75 Å². The van der Waals surface area contributed by atoms with E-state index in [1.54, 1.807) is 18.2 Å². The topological polar surface area (TPSA) is 62.7 Å². The molecule has 126 valence electrons. The first-order chi connectivity index (χ1) is 11.7. The summed E-state index contributed by atoms with van der Waals surface area (Å²) in [6, 6.07) is 14.0. The van der Waals surface area contributed by atoms with Crippen molar-refractivity contribution in [2.24, 2.45) is 5.10 Å². The maximum absolute atomic E-state index is 11.8. The van der Waals surface area contributed by atoms with Gasteiger partial charge in [-0.05, 0) is 36.8 Å². The van der Waals surface area contributed by atoms with Gasteiger partial charge in [0.05, 0.1) is 12.8 Å². The lowest BCUT2D eigenvalue weighted by Gasteiger charge is -2.07. The summed E-state index contributed by atoms with van der Waals surface area (Å²) in [5.41, 5.74) is 3.78. The molecule has 0 saturated heterocycles. The summed E-state index contributed by atoms with van der Waals surface area (Å²) < 4.78 is 5.57. The van der Waals surface area contributed by atoms with Crippen LogP contribution in [-0.2, 0) is 0 Å². The van der Waals surface area contributed by atoms with Crippen molar-refractivity contribution in [1.29, 1.82) is 0 Å². The van der Waals surface area contributed by atoms with Crippen LogP contribution in [0.3, 0.4) is 0 Å². The van der Waals surface area contributed by atoms with E-state index in [4.69, 9.17) is 16.3 Å². The molecule has 0 aliphatic rings. The van der Waals surface area contributed by atoms with Crippen molar-refractivity contribution in [1.82, 2.24) is 5.43 Å². The van der Waals surface area contributed by atoms with E-state index in [1.807, 2.05) is 30.3 Å². The Hall–Kier alpha value is -2.53. The van der Waals surface area contributed by atoms with Gasteiger partial charge in [0.25, 0.3) is 0 Å². The summed E-state index contributed by atoms with van der Waals surface area (Å²) in [5.74, 6) is 0.783. The Morgan fingerprint density at radius 2 is 1.96 bits per heavy atom. The van der Waals surface area contributed by atoms with E-state index in [2.05, 4.69) is 22.8 Å². The first-order valence-corrected chi connectivity index (χ1v) is 8.14. The van der Waals surface area contributed by atoms with Crippen LogP contribution in [0.15, 0.2) is 53.6 Å². The number of hydrogen-bond acceptors (Lipinski definition) is 3. The van der Waals surface area contributed by atoms with E-state index in [1.165, 1.54) is 6.21 Å². The molecular weight excluding hydrogens is 326 g/mol. The molecule has 2 N–H and O–H groups in total. The van der Waals surface area contributed by atoms with E-state index in [9.17, 15) is 4.79 Å². The van der Waals surface area contributed by atoms with E-state index in [0.29, 0.717) is 17.3 Å². The summed E-state index contributed by atoms with van der Waals surface area (Å²) in [6.45, 7) is 2.81. The van der Waals surface area contributed by atoms with Crippen LogP contribution < -0.4 is 15.5 Å². The average Bonchev–Trinajstić information content (AvgIpc) is 2.58. The molecule has 0 bridgehead atoms. The number of benzene rings is 2. The van der Waals surface area contributed by atoms with Gasteiger partial charge in [0.1, 0.15) is 5.75 Å². The number of urea groups is 1. The minimum Gasteiger partial charge on any atom is -0.494 e. The largest absolute Gasteiger partial charge is 0.494 e. The molecule has 2 aromatic rings. The first kappa shape index (κ1) is 17.8. The highest BCUT2D eigenvalue weighted by Crippen LogP contribution is 2.16. The Labute approximate surface area is 146 Å². The maximum atomic E-state index is 11.8. The third-order valence-electron chi connectivity index (χ3n) is 3.15. The van der Waals surface area contributed by atoms with Gasteiger partial charge in [0.15, 0.2) is 0 Å². The lowest BCUT2D eigenvalue weighted by atomic mass is 10.2. The zero-order chi connectivity index (χ0) is 17.2. The maximum Gasteiger partial charge on any atom is 0.339 e. The van der Waals surface area contributed by atoms with Crippen LogP contribution in [0.4, 0.5) is 10.5 Å². The highest BCUT2D eigenvalue weighted by atomic mass is 35.5. The molecule has 2 amide bonds. The van der Waals surface area contributed by atoms with Gasteiger partial charge in [-0.1, -0.05) is 43.1 Å². The van der Waals surface area contributed by atoms with Crippen LogP contribution in [-0.4, -0.2) is 18.9 Å². The smallest absolute Gasteiger partial charge is 0.339 e. The van der Waals surface area contributed by atoms with Crippen molar-refractivity contribution in [2.75, 3.05) is 11.9 Å². The third-order valence-corrected chi connectivity index (χ3v) is 3.50. The molecule has 0 fully saturated rings. The fourth-order valence-electron chi connectivity index (χ4n) is 1.87. The van der Waals surface area contributed by atoms with E-state index in [0.717, 1.165) is 24.2 Å². The van der Waals surface area contributed by atoms with Crippen LogP contribution in [0.2, 0.25) is 5.02 Å². The number of carbonyl (C=O) groups is 1. The minimum atomic E-state index is -0.432. The standard InChI is InChI=1S/C18H20ClN3O2/c1-2-3-12-24-16-10-8-15(9-11-16)21-18(23)22-20-13-14-6-4-5-7-17(14)19/h4-11,13H,2-3,12H2,1H3,(H2,21,22,23)/b20-13+. The van der Waals surface area contributed by atoms with Gasteiger partial charge in [0, 0.05) is 16.3 Å². The second-order valence-electron chi connectivity index (χ2n) is 5.07. The summed E-state index contributed by atoms with van der Waals surface area (Å²) in [4.78, 5) is 11.8. The number of hydrogen-bond donors (Lipinski definition) is 2. The summed E-state index contributed by atoms with van der Waals surface area (Å²) in [6.07, 6.45) is 3.60. The summed E-state index contributed by atoms with van der Waals surface area (Å²) in [7, 11) is 0. The Morgan fingerprint density at radius 1 is 1.21 bits per heavy atom. The predicted octanol–water partition coefficient (Wildman–Crippen LogP) is 4.67. The highest BCUT2D eigenvalue weighted by molar-refractivity contribution is 6.33. The summed E-state index contributed by atoms with van der Waals surface area (Å²) in [5, 5.41) is 7.13. The molecule has 0 aromatic heterocycles. The lowest BCUT2D eigenvalue weighted by molar-refractivity contribution is 0.252. The molecule has 0 aliphatic heterocycles. The number of nitrogens with zero attached hydrogens (tertiary/aromatic N) is 1. The van der Waals surface area contributed by atoms with Crippen molar-refractivity contribution in [2.45, 2.75) is 19.8 Å². The van der Waals surface area contributed by atoms with Crippen LogP contribution in [0.25, 0.3) is 0 Å². The summed E-state index contributed by atoms with van der Waals surface area (Å²) >= 11 is 6.00. The molecule has 2 aromatic carbocycles. The molecule has 5 nitrogen and oxygen atoms in total. The predicted molar refractivity (Wildman–Crippen MR) is 98.0 cm³/mol.